The molecule has 13 heteroatoms. The van der Waals surface area contributed by atoms with Gasteiger partial charge in [0.2, 0.25) is 0 Å². The normalized spacial score (nSPS) is 12.4. The van der Waals surface area contributed by atoms with Crippen LogP contribution in [0.4, 0.5) is 17.6 Å². The maximum atomic E-state index is 13.2. The smallest absolute Gasteiger partial charge is 0.391 e. The Labute approximate surface area is 171 Å². The molecule has 31 heavy (non-hydrogen) atoms. The minimum absolute atomic E-state index is 0.104. The fourth-order valence-electron chi connectivity index (χ4n) is 2.70. The molecule has 0 saturated heterocycles. The number of nitrogens with one attached hydrogen (secondary N) is 1. The lowest BCUT2D eigenvalue weighted by molar-refractivity contribution is -0.139. The van der Waals surface area contributed by atoms with Crippen LogP contribution in [-0.4, -0.2) is 54.2 Å². The molecule has 3 heterocycles. The van der Waals surface area contributed by atoms with Crippen molar-refractivity contribution < 1.29 is 32.3 Å². The molecule has 0 aromatic carbocycles. The van der Waals surface area contributed by atoms with E-state index >= 15 is 0 Å². The van der Waals surface area contributed by atoms with Crippen molar-refractivity contribution in [1.82, 2.24) is 30.3 Å². The number of halogens is 4. The summed E-state index contributed by atoms with van der Waals surface area (Å²) in [5.41, 5.74) is 0.00129. The Morgan fingerprint density at radius 2 is 1.81 bits per heavy atom. The van der Waals surface area contributed by atoms with Gasteiger partial charge in [0.15, 0.2) is 0 Å². The van der Waals surface area contributed by atoms with Crippen LogP contribution in [0.1, 0.15) is 32.8 Å². The summed E-state index contributed by atoms with van der Waals surface area (Å²) in [4.78, 5) is 30.5. The summed E-state index contributed by atoms with van der Waals surface area (Å²) in [5, 5.41) is 18.8. The monoisotopic (exact) mass is 438 g/mol. The number of hydrogen-bond acceptors (Lipinski definition) is 6. The molecule has 0 spiro atoms. The summed E-state index contributed by atoms with van der Waals surface area (Å²) >= 11 is 0. The number of nitrogens with zero attached hydrogens (tertiary/aromatic N) is 5. The predicted octanol–water partition coefficient (Wildman–Crippen LogP) is 2.19. The second kappa shape index (κ2) is 8.85. The maximum absolute atomic E-state index is 13.2. The van der Waals surface area contributed by atoms with Gasteiger partial charge in [-0.2, -0.15) is 13.2 Å². The largest absolute Gasteiger partial charge is 0.478 e. The molecule has 0 fully saturated rings. The molecule has 162 valence electrons. The summed E-state index contributed by atoms with van der Waals surface area (Å²) in [6.07, 6.45) is -0.671. The topological polar surface area (TPSA) is 123 Å². The number of pyridine rings is 2. The number of carbonyl (C=O) groups is 2. The van der Waals surface area contributed by atoms with E-state index in [9.17, 15) is 27.2 Å². The first-order chi connectivity index (χ1) is 14.6. The lowest BCUT2D eigenvalue weighted by atomic mass is 10.1. The van der Waals surface area contributed by atoms with E-state index in [1.165, 1.54) is 18.5 Å². The van der Waals surface area contributed by atoms with E-state index < -0.39 is 36.3 Å². The average molecular weight is 438 g/mol. The Hall–Kier alpha value is -3.90. The molecule has 0 aliphatic carbocycles. The van der Waals surface area contributed by atoms with Gasteiger partial charge in [-0.15, -0.1) is 5.10 Å². The van der Waals surface area contributed by atoms with E-state index in [0.717, 1.165) is 29.3 Å². The Bertz CT molecular complexity index is 1100. The Morgan fingerprint density at radius 3 is 2.48 bits per heavy atom. The Morgan fingerprint density at radius 1 is 1.10 bits per heavy atom. The second-order valence-electron chi connectivity index (χ2n) is 6.48. The van der Waals surface area contributed by atoms with Gasteiger partial charge in [-0.25, -0.2) is 13.9 Å². The molecule has 0 radical (unpaired) electrons. The highest BCUT2D eigenvalue weighted by atomic mass is 19.4. The van der Waals surface area contributed by atoms with Crippen LogP contribution < -0.4 is 5.32 Å². The van der Waals surface area contributed by atoms with E-state index in [-0.39, 0.29) is 28.9 Å². The number of carboxylic acid groups (broad SMARTS) is 1. The zero-order chi connectivity index (χ0) is 22.6. The summed E-state index contributed by atoms with van der Waals surface area (Å²) in [7, 11) is 0. The predicted molar refractivity (Wildman–Crippen MR) is 95.9 cm³/mol. The minimum Gasteiger partial charge on any atom is -0.478 e. The standard InChI is InChI=1S/C18H14F4N6O3/c19-12-1-10(5-23-7-12)16(29)25-13(4-18(20,21)22)3-14-9-28(27-26-14)15-2-11(17(30)31)6-24-8-15/h1-2,5-9,13H,3-4H2,(H,25,29)(H,30,31). The molecule has 1 unspecified atom stereocenters. The molecule has 2 N–H and O–H groups in total. The quantitative estimate of drug-likeness (QED) is 0.542. The first kappa shape index (κ1) is 21.8. The molecule has 3 aromatic rings. The number of aromatic carboxylic acids is 1. The first-order valence-electron chi connectivity index (χ1n) is 8.69. The molecule has 3 rings (SSSR count). The Balaban J connectivity index is 1.78. The fourth-order valence-corrected chi connectivity index (χ4v) is 2.70. The molecule has 0 bridgehead atoms. The van der Waals surface area contributed by atoms with Crippen LogP contribution in [0.5, 0.6) is 0 Å². The highest BCUT2D eigenvalue weighted by Gasteiger charge is 2.33. The van der Waals surface area contributed by atoms with Gasteiger partial charge in [0.1, 0.15) is 5.82 Å². The summed E-state index contributed by atoms with van der Waals surface area (Å²) in [6, 6.07) is 0.704. The van der Waals surface area contributed by atoms with Crippen LogP contribution >= 0.6 is 0 Å². The van der Waals surface area contributed by atoms with Gasteiger partial charge in [-0.05, 0) is 12.1 Å². The van der Waals surface area contributed by atoms with E-state index in [0.29, 0.717) is 0 Å². The molecule has 0 aliphatic heterocycles. The van der Waals surface area contributed by atoms with Gasteiger partial charge in [-0.1, -0.05) is 5.21 Å². The molecule has 1 atom stereocenters. The van der Waals surface area contributed by atoms with Crippen molar-refractivity contribution in [3.05, 3.63) is 65.8 Å². The van der Waals surface area contributed by atoms with Crippen LogP contribution in [0.3, 0.4) is 0 Å². The van der Waals surface area contributed by atoms with Crippen molar-refractivity contribution in [2.45, 2.75) is 25.1 Å². The average Bonchev–Trinajstić information content (AvgIpc) is 3.15. The number of rotatable bonds is 7. The summed E-state index contributed by atoms with van der Waals surface area (Å²) < 4.78 is 53.4. The zero-order valence-corrected chi connectivity index (χ0v) is 15.5. The van der Waals surface area contributed by atoms with Crippen molar-refractivity contribution >= 4 is 11.9 Å². The molecule has 0 aliphatic rings. The first-order valence-corrected chi connectivity index (χ1v) is 8.69. The van der Waals surface area contributed by atoms with Gasteiger partial charge in [0.25, 0.3) is 5.91 Å². The minimum atomic E-state index is -4.59. The van der Waals surface area contributed by atoms with Gasteiger partial charge >= 0.3 is 12.1 Å². The molecule has 9 nitrogen and oxygen atoms in total. The summed E-state index contributed by atoms with van der Waals surface area (Å²) in [5.74, 6) is -2.94. The summed E-state index contributed by atoms with van der Waals surface area (Å²) in [6.45, 7) is 0. The van der Waals surface area contributed by atoms with Crippen LogP contribution in [0.25, 0.3) is 5.69 Å². The van der Waals surface area contributed by atoms with Gasteiger partial charge < -0.3 is 10.4 Å². The number of alkyl halides is 3. The van der Waals surface area contributed by atoms with Gasteiger partial charge in [-0.3, -0.25) is 14.8 Å². The molecular weight excluding hydrogens is 424 g/mol. The van der Waals surface area contributed by atoms with Crippen molar-refractivity contribution in [3.63, 3.8) is 0 Å². The van der Waals surface area contributed by atoms with E-state index in [1.807, 2.05) is 0 Å². The van der Waals surface area contributed by atoms with Crippen LogP contribution in [0.15, 0.2) is 43.1 Å². The SMILES string of the molecule is O=C(O)c1cncc(-n2cc(CC(CC(F)(F)F)NC(=O)c3cncc(F)c3)nn2)c1. The van der Waals surface area contributed by atoms with Crippen LogP contribution in [-0.2, 0) is 6.42 Å². The number of aromatic nitrogens is 5. The van der Waals surface area contributed by atoms with E-state index in [2.05, 4.69) is 25.6 Å². The van der Waals surface area contributed by atoms with Crippen LogP contribution in [0, 0.1) is 5.82 Å². The molecule has 3 aromatic heterocycles. The molecule has 1 amide bonds. The third-order valence-electron chi connectivity index (χ3n) is 4.01. The third-order valence-corrected chi connectivity index (χ3v) is 4.01. The number of carboxylic acids is 1. The van der Waals surface area contributed by atoms with Crippen molar-refractivity contribution in [3.8, 4) is 5.69 Å². The highest BCUT2D eigenvalue weighted by Crippen LogP contribution is 2.23. The lowest BCUT2D eigenvalue weighted by Crippen LogP contribution is -2.39. The lowest BCUT2D eigenvalue weighted by Gasteiger charge is -2.19. The van der Waals surface area contributed by atoms with Crippen molar-refractivity contribution in [2.75, 3.05) is 0 Å². The zero-order valence-electron chi connectivity index (χ0n) is 15.5. The Kier molecular flexibility index (Phi) is 6.22. The molecule has 0 saturated carbocycles. The van der Waals surface area contributed by atoms with Gasteiger partial charge in [0, 0.05) is 24.9 Å². The number of hydrogen-bond donors (Lipinski definition) is 2. The van der Waals surface area contributed by atoms with E-state index in [1.54, 1.807) is 0 Å². The van der Waals surface area contributed by atoms with E-state index in [4.69, 9.17) is 5.11 Å². The number of carbonyl (C=O) groups excluding carboxylic acids is 1. The molecular formula is C18H14F4N6O3. The van der Waals surface area contributed by atoms with Crippen molar-refractivity contribution in [2.24, 2.45) is 0 Å². The van der Waals surface area contributed by atoms with Crippen LogP contribution in [0.2, 0.25) is 0 Å². The number of amides is 1. The fraction of sp³-hybridized carbons (Fsp3) is 0.222. The van der Waals surface area contributed by atoms with Gasteiger partial charge in [0.05, 0.1) is 47.5 Å². The third kappa shape index (κ3) is 6.04. The second-order valence-corrected chi connectivity index (χ2v) is 6.48. The maximum Gasteiger partial charge on any atom is 0.391 e. The highest BCUT2D eigenvalue weighted by molar-refractivity contribution is 5.94. The van der Waals surface area contributed by atoms with Crippen molar-refractivity contribution in [1.29, 1.82) is 0 Å².